The van der Waals surface area contributed by atoms with Gasteiger partial charge in [0.2, 0.25) is 0 Å². The Morgan fingerprint density at radius 2 is 1.86 bits per heavy atom. The second-order valence-electron chi connectivity index (χ2n) is 8.93. The summed E-state index contributed by atoms with van der Waals surface area (Å²) in [4.78, 5) is 21.4. The monoisotopic (exact) mass is 492 g/mol. The molecule has 2 unspecified atom stereocenters. The number of benzene rings is 1. The topological polar surface area (TPSA) is 91.8 Å². The van der Waals surface area contributed by atoms with Crippen molar-refractivity contribution in [2.24, 2.45) is 5.92 Å². The van der Waals surface area contributed by atoms with E-state index in [0.29, 0.717) is 63.6 Å². The maximum absolute atomic E-state index is 13.4. The Hall–Kier alpha value is -3.26. The Labute approximate surface area is 201 Å². The van der Waals surface area contributed by atoms with Gasteiger partial charge < -0.3 is 23.7 Å². The third-order valence-corrected chi connectivity index (χ3v) is 6.47. The number of hydrogen-bond donors (Lipinski definition) is 0. The number of likely N-dealkylation sites (tertiary alicyclic amines) is 2. The third-order valence-electron chi connectivity index (χ3n) is 6.47. The number of nitriles is 1. The van der Waals surface area contributed by atoms with Gasteiger partial charge in [-0.05, 0) is 37.0 Å². The van der Waals surface area contributed by atoms with Crippen LogP contribution in [0.4, 0.5) is 18.0 Å². The second kappa shape index (κ2) is 10.6. The maximum atomic E-state index is 13.4. The molecule has 2 atom stereocenters. The van der Waals surface area contributed by atoms with Gasteiger partial charge in [-0.25, -0.2) is 9.78 Å². The van der Waals surface area contributed by atoms with Crippen LogP contribution in [0.2, 0.25) is 0 Å². The summed E-state index contributed by atoms with van der Waals surface area (Å²) < 4.78 is 52.4. The van der Waals surface area contributed by atoms with E-state index in [-0.39, 0.29) is 29.5 Å². The van der Waals surface area contributed by atoms with Crippen LogP contribution in [-0.4, -0.2) is 60.5 Å². The van der Waals surface area contributed by atoms with Crippen molar-refractivity contribution in [3.63, 3.8) is 0 Å². The molecule has 0 aliphatic carbocycles. The van der Waals surface area contributed by atoms with E-state index in [1.165, 1.54) is 18.4 Å². The molecule has 2 saturated heterocycles. The largest absolute Gasteiger partial charge is 0.573 e. The number of oxazole rings is 1. The van der Waals surface area contributed by atoms with Crippen LogP contribution in [-0.2, 0) is 11.3 Å². The lowest BCUT2D eigenvalue weighted by atomic mass is 9.84. The predicted molar refractivity (Wildman–Crippen MR) is 117 cm³/mol. The number of amides is 2. The molecule has 8 nitrogen and oxygen atoms in total. The number of piperidine rings is 2. The molecule has 0 N–H and O–H groups in total. The minimum absolute atomic E-state index is 0.0372. The Balaban J connectivity index is 1.53. The highest BCUT2D eigenvalue weighted by Crippen LogP contribution is 2.37. The molecular weight excluding hydrogens is 465 g/mol. The SMILES string of the molecule is COCc1coc(C2CC(c3ccc(OC(F)(F)F)cc3)CN(C(=O)N3CCC(C#N)CC3)C2)n1. The first-order valence-corrected chi connectivity index (χ1v) is 11.5. The van der Waals surface area contributed by atoms with Crippen LogP contribution in [0.3, 0.4) is 0 Å². The molecule has 3 heterocycles. The van der Waals surface area contributed by atoms with Crippen LogP contribution < -0.4 is 4.74 Å². The summed E-state index contributed by atoms with van der Waals surface area (Å²) in [6.45, 7) is 2.16. The summed E-state index contributed by atoms with van der Waals surface area (Å²) in [5, 5.41) is 9.15. The highest BCUT2D eigenvalue weighted by molar-refractivity contribution is 5.75. The molecule has 4 rings (SSSR count). The fourth-order valence-corrected chi connectivity index (χ4v) is 4.74. The zero-order valence-electron chi connectivity index (χ0n) is 19.3. The lowest BCUT2D eigenvalue weighted by Crippen LogP contribution is -2.51. The first kappa shape index (κ1) is 24.9. The number of ether oxygens (including phenoxy) is 2. The standard InChI is InChI=1S/C24H27F3N4O4/c1-33-14-20-15-34-22(29-20)19-10-18(17-2-4-21(5-3-17)35-24(25,26)27)12-31(13-19)23(32)30-8-6-16(11-28)7-9-30/h2-5,15-16,18-19H,6-10,12-14H2,1H3. The molecular formula is C24H27F3N4O4. The summed E-state index contributed by atoms with van der Waals surface area (Å²) in [6, 6.07) is 7.92. The summed E-state index contributed by atoms with van der Waals surface area (Å²) >= 11 is 0. The summed E-state index contributed by atoms with van der Waals surface area (Å²) in [6.07, 6.45) is -1.32. The zero-order chi connectivity index (χ0) is 25.0. The van der Waals surface area contributed by atoms with Gasteiger partial charge in [-0.2, -0.15) is 5.26 Å². The van der Waals surface area contributed by atoms with Crippen LogP contribution in [0.25, 0.3) is 0 Å². The summed E-state index contributed by atoms with van der Waals surface area (Å²) in [5.74, 6) is -0.151. The average molecular weight is 492 g/mol. The van der Waals surface area contributed by atoms with Crippen LogP contribution in [0, 0.1) is 17.2 Å². The molecule has 0 saturated carbocycles. The van der Waals surface area contributed by atoms with Crippen LogP contribution in [0.5, 0.6) is 5.75 Å². The number of carbonyl (C=O) groups excluding carboxylic acids is 1. The van der Waals surface area contributed by atoms with Crippen LogP contribution >= 0.6 is 0 Å². The maximum Gasteiger partial charge on any atom is 0.573 e. The lowest BCUT2D eigenvalue weighted by Gasteiger charge is -2.40. The first-order chi connectivity index (χ1) is 16.8. The van der Waals surface area contributed by atoms with E-state index >= 15 is 0 Å². The van der Waals surface area contributed by atoms with Crippen molar-refractivity contribution in [1.82, 2.24) is 14.8 Å². The van der Waals surface area contributed by atoms with E-state index in [9.17, 15) is 18.0 Å². The van der Waals surface area contributed by atoms with Gasteiger partial charge in [0.1, 0.15) is 17.7 Å². The molecule has 0 bridgehead atoms. The first-order valence-electron chi connectivity index (χ1n) is 11.5. The number of alkyl halides is 3. The normalized spacial score (nSPS) is 21.6. The van der Waals surface area contributed by atoms with Crippen LogP contribution in [0.15, 0.2) is 34.9 Å². The molecule has 1 aromatic heterocycles. The molecule has 0 spiro atoms. The summed E-state index contributed by atoms with van der Waals surface area (Å²) in [7, 11) is 1.56. The van der Waals surface area contributed by atoms with Crippen molar-refractivity contribution >= 4 is 6.03 Å². The molecule has 2 aliphatic rings. The molecule has 2 fully saturated rings. The molecule has 1 aromatic carbocycles. The fraction of sp³-hybridized carbons (Fsp3) is 0.542. The molecule has 35 heavy (non-hydrogen) atoms. The molecule has 0 radical (unpaired) electrons. The fourth-order valence-electron chi connectivity index (χ4n) is 4.74. The van der Waals surface area contributed by atoms with Gasteiger partial charge in [-0.15, -0.1) is 13.2 Å². The number of urea groups is 1. The Bertz CT molecular complexity index is 1040. The molecule has 2 amide bonds. The van der Waals surface area contributed by atoms with Crippen molar-refractivity contribution in [3.8, 4) is 11.8 Å². The van der Waals surface area contributed by atoms with Crippen molar-refractivity contribution in [3.05, 3.63) is 47.7 Å². The predicted octanol–water partition coefficient (Wildman–Crippen LogP) is 4.65. The number of rotatable bonds is 5. The minimum Gasteiger partial charge on any atom is -0.448 e. The van der Waals surface area contributed by atoms with E-state index < -0.39 is 6.36 Å². The van der Waals surface area contributed by atoms with Gasteiger partial charge in [0.25, 0.3) is 0 Å². The number of nitrogens with zero attached hydrogens (tertiary/aromatic N) is 4. The van der Waals surface area contributed by atoms with E-state index in [1.807, 2.05) is 0 Å². The number of hydrogen-bond acceptors (Lipinski definition) is 6. The van der Waals surface area contributed by atoms with Gasteiger partial charge in [-0.1, -0.05) is 12.1 Å². The number of aromatic nitrogens is 1. The molecule has 2 aromatic rings. The van der Waals surface area contributed by atoms with Gasteiger partial charge in [0.15, 0.2) is 5.89 Å². The molecule has 188 valence electrons. The number of methoxy groups -OCH3 is 1. The van der Waals surface area contributed by atoms with Crippen molar-refractivity contribution in [2.75, 3.05) is 33.3 Å². The Morgan fingerprint density at radius 3 is 2.49 bits per heavy atom. The van der Waals surface area contributed by atoms with E-state index in [1.54, 1.807) is 29.0 Å². The van der Waals surface area contributed by atoms with E-state index in [0.717, 1.165) is 5.56 Å². The van der Waals surface area contributed by atoms with Gasteiger partial charge in [0, 0.05) is 45.1 Å². The average Bonchev–Trinajstić information content (AvgIpc) is 3.32. The van der Waals surface area contributed by atoms with E-state index in [2.05, 4.69) is 15.8 Å². The summed E-state index contributed by atoms with van der Waals surface area (Å²) in [5.41, 5.74) is 1.45. The van der Waals surface area contributed by atoms with Gasteiger partial charge in [-0.3, -0.25) is 0 Å². The Morgan fingerprint density at radius 1 is 1.17 bits per heavy atom. The van der Waals surface area contributed by atoms with Crippen molar-refractivity contribution in [1.29, 1.82) is 5.26 Å². The van der Waals surface area contributed by atoms with Gasteiger partial charge in [0.05, 0.1) is 18.6 Å². The van der Waals surface area contributed by atoms with Crippen LogP contribution in [0.1, 0.15) is 48.2 Å². The third kappa shape index (κ3) is 6.25. The highest BCUT2D eigenvalue weighted by atomic mass is 19.4. The van der Waals surface area contributed by atoms with E-state index in [4.69, 9.17) is 14.4 Å². The van der Waals surface area contributed by atoms with Crippen molar-refractivity contribution < 1.29 is 31.9 Å². The zero-order valence-corrected chi connectivity index (χ0v) is 19.3. The van der Waals surface area contributed by atoms with Crippen molar-refractivity contribution in [2.45, 2.75) is 44.1 Å². The van der Waals surface area contributed by atoms with Gasteiger partial charge >= 0.3 is 12.4 Å². The highest BCUT2D eigenvalue weighted by Gasteiger charge is 2.37. The quantitative estimate of drug-likeness (QED) is 0.604. The lowest BCUT2D eigenvalue weighted by molar-refractivity contribution is -0.274. The molecule has 11 heteroatoms. The Kier molecular flexibility index (Phi) is 7.50. The second-order valence-corrected chi connectivity index (χ2v) is 8.93. The number of halogens is 3. The smallest absolute Gasteiger partial charge is 0.448 e. The minimum atomic E-state index is -4.76. The molecule has 2 aliphatic heterocycles. The number of carbonyl (C=O) groups is 1.